The van der Waals surface area contributed by atoms with Gasteiger partial charge in [-0.25, -0.2) is 9.97 Å². The lowest BCUT2D eigenvalue weighted by Crippen LogP contribution is -2.48. The standard InChI is InChI=1S/C18H17Cl2F6N5/c19-13-7-11(17(21,22)23)9-28-15(13)27-1-2-30-3-5-31(6-4-30)16-14(20)8-12(10-29-16)18(24,25)26/h7-10H,1-6H2,(H,27,28). The molecule has 1 N–H and O–H groups in total. The number of hydrogen-bond acceptors (Lipinski definition) is 5. The summed E-state index contributed by atoms with van der Waals surface area (Å²) in [5, 5.41) is 2.72. The van der Waals surface area contributed by atoms with Gasteiger partial charge in [0.25, 0.3) is 0 Å². The molecule has 1 aliphatic rings. The molecular weight excluding hydrogens is 471 g/mol. The van der Waals surface area contributed by atoms with Crippen molar-refractivity contribution in [3.8, 4) is 0 Å². The highest BCUT2D eigenvalue weighted by Gasteiger charge is 2.33. The van der Waals surface area contributed by atoms with Gasteiger partial charge >= 0.3 is 12.4 Å². The summed E-state index contributed by atoms with van der Waals surface area (Å²) in [6, 6.07) is 1.68. The molecule has 31 heavy (non-hydrogen) atoms. The first-order valence-electron chi connectivity index (χ1n) is 9.12. The monoisotopic (exact) mass is 487 g/mol. The van der Waals surface area contributed by atoms with E-state index in [0.717, 1.165) is 18.3 Å². The van der Waals surface area contributed by atoms with Crippen LogP contribution in [0.1, 0.15) is 11.1 Å². The predicted octanol–water partition coefficient (Wildman–Crippen LogP) is 5.06. The molecule has 0 aromatic carbocycles. The van der Waals surface area contributed by atoms with Crippen molar-refractivity contribution < 1.29 is 26.3 Å². The first-order chi connectivity index (χ1) is 14.4. The second-order valence-corrected chi connectivity index (χ2v) is 7.65. The van der Waals surface area contributed by atoms with Crippen LogP contribution >= 0.6 is 23.2 Å². The van der Waals surface area contributed by atoms with Gasteiger partial charge in [-0.15, -0.1) is 0 Å². The molecule has 0 aliphatic carbocycles. The van der Waals surface area contributed by atoms with Crippen molar-refractivity contribution in [2.75, 3.05) is 49.5 Å². The predicted molar refractivity (Wildman–Crippen MR) is 106 cm³/mol. The average Bonchev–Trinajstić information content (AvgIpc) is 2.68. The van der Waals surface area contributed by atoms with E-state index in [0.29, 0.717) is 51.3 Å². The molecule has 170 valence electrons. The number of aromatic nitrogens is 2. The molecule has 5 nitrogen and oxygen atoms in total. The molecule has 13 heteroatoms. The maximum absolute atomic E-state index is 12.7. The summed E-state index contributed by atoms with van der Waals surface area (Å²) in [6.45, 7) is 3.21. The molecule has 2 aromatic rings. The Hall–Kier alpha value is -1.98. The molecule has 0 atom stereocenters. The third-order valence-corrected chi connectivity index (χ3v) is 5.28. The maximum Gasteiger partial charge on any atom is 0.417 e. The van der Waals surface area contributed by atoms with Crippen molar-refractivity contribution in [1.82, 2.24) is 14.9 Å². The molecule has 0 radical (unpaired) electrons. The lowest BCUT2D eigenvalue weighted by molar-refractivity contribution is -0.138. The van der Waals surface area contributed by atoms with Crippen LogP contribution in [-0.4, -0.2) is 54.1 Å². The normalized spacial score (nSPS) is 15.9. The van der Waals surface area contributed by atoms with Crippen molar-refractivity contribution in [2.24, 2.45) is 0 Å². The Labute approximate surface area is 184 Å². The Morgan fingerprint density at radius 3 is 1.90 bits per heavy atom. The molecule has 1 fully saturated rings. The van der Waals surface area contributed by atoms with Crippen LogP contribution in [0.15, 0.2) is 24.5 Å². The molecule has 3 rings (SSSR count). The number of rotatable bonds is 5. The highest BCUT2D eigenvalue weighted by Crippen LogP contribution is 2.34. The fraction of sp³-hybridized carbons (Fsp3) is 0.444. The van der Waals surface area contributed by atoms with E-state index in [9.17, 15) is 26.3 Å². The number of alkyl halides is 6. The summed E-state index contributed by atoms with van der Waals surface area (Å²) in [6.07, 6.45) is -7.54. The van der Waals surface area contributed by atoms with Crippen LogP contribution < -0.4 is 10.2 Å². The number of nitrogens with zero attached hydrogens (tertiary/aromatic N) is 4. The Balaban J connectivity index is 1.49. The van der Waals surface area contributed by atoms with Crippen LogP contribution in [0.4, 0.5) is 38.0 Å². The van der Waals surface area contributed by atoms with Gasteiger partial charge < -0.3 is 10.2 Å². The Morgan fingerprint density at radius 1 is 0.839 bits per heavy atom. The van der Waals surface area contributed by atoms with E-state index in [2.05, 4.69) is 20.2 Å². The molecule has 1 saturated heterocycles. The highest BCUT2D eigenvalue weighted by molar-refractivity contribution is 6.33. The highest BCUT2D eigenvalue weighted by atomic mass is 35.5. The van der Waals surface area contributed by atoms with E-state index in [-0.39, 0.29) is 15.9 Å². The topological polar surface area (TPSA) is 44.3 Å². The summed E-state index contributed by atoms with van der Waals surface area (Å²) in [7, 11) is 0. The zero-order valence-electron chi connectivity index (χ0n) is 15.9. The van der Waals surface area contributed by atoms with E-state index in [1.807, 2.05) is 0 Å². The fourth-order valence-corrected chi connectivity index (χ4v) is 3.58. The van der Waals surface area contributed by atoms with Crippen molar-refractivity contribution in [1.29, 1.82) is 0 Å². The van der Waals surface area contributed by atoms with Gasteiger partial charge in [-0.2, -0.15) is 26.3 Å². The SMILES string of the molecule is FC(F)(F)c1cnc(NCCN2CCN(c3ncc(C(F)(F)F)cc3Cl)CC2)c(Cl)c1. The molecule has 3 heterocycles. The van der Waals surface area contributed by atoms with Gasteiger partial charge in [0.1, 0.15) is 11.6 Å². The molecule has 0 unspecified atom stereocenters. The summed E-state index contributed by atoms with van der Waals surface area (Å²) in [4.78, 5) is 11.5. The summed E-state index contributed by atoms with van der Waals surface area (Å²) < 4.78 is 76.2. The third-order valence-electron chi connectivity index (χ3n) is 4.71. The van der Waals surface area contributed by atoms with Gasteiger partial charge in [-0.3, -0.25) is 4.90 Å². The first-order valence-corrected chi connectivity index (χ1v) is 9.87. The Kier molecular flexibility index (Phi) is 7.07. The van der Waals surface area contributed by atoms with Crippen molar-refractivity contribution in [3.05, 3.63) is 45.7 Å². The third kappa shape index (κ3) is 6.05. The number of piperazine rings is 1. The van der Waals surface area contributed by atoms with E-state index < -0.39 is 23.5 Å². The zero-order chi connectivity index (χ0) is 22.8. The summed E-state index contributed by atoms with van der Waals surface area (Å²) in [5.41, 5.74) is -1.82. The lowest BCUT2D eigenvalue weighted by Gasteiger charge is -2.35. The van der Waals surface area contributed by atoms with Crippen LogP contribution in [0, 0.1) is 0 Å². The first kappa shape index (κ1) is 23.7. The van der Waals surface area contributed by atoms with Crippen molar-refractivity contribution >= 4 is 34.8 Å². The number of pyridine rings is 2. The zero-order valence-corrected chi connectivity index (χ0v) is 17.4. The number of anilines is 2. The van der Waals surface area contributed by atoms with Crippen LogP contribution in [0.25, 0.3) is 0 Å². The Bertz CT molecular complexity index is 911. The molecule has 2 aromatic heterocycles. The van der Waals surface area contributed by atoms with Crippen LogP contribution in [0.5, 0.6) is 0 Å². The largest absolute Gasteiger partial charge is 0.417 e. The van der Waals surface area contributed by atoms with Crippen LogP contribution in [0.3, 0.4) is 0 Å². The quantitative estimate of drug-likeness (QED) is 0.597. The Morgan fingerprint density at radius 2 is 1.39 bits per heavy atom. The minimum absolute atomic E-state index is 0.0621. The van der Waals surface area contributed by atoms with E-state index >= 15 is 0 Å². The summed E-state index contributed by atoms with van der Waals surface area (Å²) in [5.74, 6) is 0.460. The van der Waals surface area contributed by atoms with E-state index in [1.165, 1.54) is 0 Å². The van der Waals surface area contributed by atoms with Gasteiger partial charge in [0.05, 0.1) is 21.2 Å². The van der Waals surface area contributed by atoms with Gasteiger partial charge in [0.2, 0.25) is 0 Å². The number of hydrogen-bond donors (Lipinski definition) is 1. The minimum Gasteiger partial charge on any atom is -0.368 e. The maximum atomic E-state index is 12.7. The number of halogens is 8. The minimum atomic E-state index is -4.51. The van der Waals surface area contributed by atoms with E-state index in [1.54, 1.807) is 4.90 Å². The van der Waals surface area contributed by atoms with Gasteiger partial charge in [-0.1, -0.05) is 23.2 Å². The second-order valence-electron chi connectivity index (χ2n) is 6.83. The smallest absolute Gasteiger partial charge is 0.368 e. The molecule has 0 amide bonds. The summed E-state index contributed by atoms with van der Waals surface area (Å²) >= 11 is 11.9. The van der Waals surface area contributed by atoms with E-state index in [4.69, 9.17) is 23.2 Å². The molecule has 0 spiro atoms. The second kappa shape index (κ2) is 9.25. The van der Waals surface area contributed by atoms with Gasteiger partial charge in [0, 0.05) is 51.7 Å². The molecule has 0 bridgehead atoms. The van der Waals surface area contributed by atoms with Crippen LogP contribution in [0.2, 0.25) is 10.0 Å². The number of nitrogens with one attached hydrogen (secondary N) is 1. The lowest BCUT2D eigenvalue weighted by atomic mass is 10.2. The molecule has 0 saturated carbocycles. The molecular formula is C18H17Cl2F6N5. The van der Waals surface area contributed by atoms with Crippen molar-refractivity contribution in [3.63, 3.8) is 0 Å². The van der Waals surface area contributed by atoms with Gasteiger partial charge in [-0.05, 0) is 12.1 Å². The fourth-order valence-electron chi connectivity index (χ4n) is 3.06. The van der Waals surface area contributed by atoms with Gasteiger partial charge in [0.15, 0.2) is 0 Å². The van der Waals surface area contributed by atoms with Crippen LogP contribution in [-0.2, 0) is 12.4 Å². The van der Waals surface area contributed by atoms with Crippen molar-refractivity contribution in [2.45, 2.75) is 12.4 Å². The average molecular weight is 488 g/mol. The molecule has 1 aliphatic heterocycles.